The van der Waals surface area contributed by atoms with Gasteiger partial charge in [-0.3, -0.25) is 9.59 Å². The van der Waals surface area contributed by atoms with E-state index in [1.165, 1.54) is 0 Å². The summed E-state index contributed by atoms with van der Waals surface area (Å²) in [5.41, 5.74) is 0.915. The van der Waals surface area contributed by atoms with Crippen molar-refractivity contribution in [2.75, 3.05) is 14.2 Å². The Kier molecular flexibility index (Phi) is 4.85. The van der Waals surface area contributed by atoms with E-state index in [9.17, 15) is 9.59 Å². The predicted octanol–water partition coefficient (Wildman–Crippen LogP) is 2.59. The summed E-state index contributed by atoms with van der Waals surface area (Å²) in [4.78, 5) is 27.5. The van der Waals surface area contributed by atoms with Crippen molar-refractivity contribution in [2.24, 2.45) is 5.92 Å². The van der Waals surface area contributed by atoms with Gasteiger partial charge in [-0.05, 0) is 17.5 Å². The van der Waals surface area contributed by atoms with Gasteiger partial charge in [0.2, 0.25) is 11.8 Å². The summed E-state index contributed by atoms with van der Waals surface area (Å²) in [7, 11) is 3.37. The minimum absolute atomic E-state index is 0.00541. The Morgan fingerprint density at radius 2 is 2.12 bits per heavy atom. The number of para-hydroxylation sites is 1. The number of methoxy groups -OCH3 is 1. The first-order chi connectivity index (χ1) is 11.6. The van der Waals surface area contributed by atoms with Gasteiger partial charge in [0.1, 0.15) is 5.75 Å². The molecule has 3 rings (SSSR count). The van der Waals surface area contributed by atoms with Crippen molar-refractivity contribution in [3.05, 3.63) is 52.2 Å². The number of ether oxygens (including phenoxy) is 1. The smallest absolute Gasteiger partial charge is 0.226 e. The number of hydrogen-bond acceptors (Lipinski definition) is 4. The molecule has 2 aromatic rings. The molecule has 1 saturated heterocycles. The van der Waals surface area contributed by atoms with Gasteiger partial charge in [-0.15, -0.1) is 11.3 Å². The Hall–Kier alpha value is -2.34. The van der Waals surface area contributed by atoms with Crippen molar-refractivity contribution in [3.8, 4) is 5.75 Å². The summed E-state index contributed by atoms with van der Waals surface area (Å²) in [6.07, 6.45) is 0.247. The van der Waals surface area contributed by atoms with Crippen LogP contribution in [0.3, 0.4) is 0 Å². The summed E-state index contributed by atoms with van der Waals surface area (Å²) < 4.78 is 5.31. The van der Waals surface area contributed by atoms with Crippen LogP contribution in [-0.4, -0.2) is 30.9 Å². The highest BCUT2D eigenvalue weighted by molar-refractivity contribution is 7.10. The van der Waals surface area contributed by atoms with Crippen LogP contribution in [0.15, 0.2) is 41.8 Å². The average Bonchev–Trinajstić information content (AvgIpc) is 3.21. The number of rotatable bonds is 5. The lowest BCUT2D eigenvalue weighted by Crippen LogP contribution is -2.34. The average molecular weight is 344 g/mol. The van der Waals surface area contributed by atoms with Gasteiger partial charge >= 0.3 is 0 Å². The number of nitrogens with one attached hydrogen (secondary N) is 1. The van der Waals surface area contributed by atoms with Gasteiger partial charge in [0.25, 0.3) is 0 Å². The fraction of sp³-hybridized carbons (Fsp3) is 0.333. The van der Waals surface area contributed by atoms with Gasteiger partial charge < -0.3 is 15.0 Å². The lowest BCUT2D eigenvalue weighted by atomic mass is 9.98. The van der Waals surface area contributed by atoms with Gasteiger partial charge in [0, 0.05) is 30.5 Å². The van der Waals surface area contributed by atoms with E-state index < -0.39 is 0 Å². The summed E-state index contributed by atoms with van der Waals surface area (Å²) in [5.74, 6) is 0.283. The molecule has 0 radical (unpaired) electrons. The quantitative estimate of drug-likeness (QED) is 0.907. The molecule has 1 aromatic heterocycles. The maximum atomic E-state index is 12.7. The fourth-order valence-electron chi connectivity index (χ4n) is 3.12. The van der Waals surface area contributed by atoms with Gasteiger partial charge in [-0.1, -0.05) is 24.3 Å². The third-order valence-corrected chi connectivity index (χ3v) is 5.35. The van der Waals surface area contributed by atoms with Crippen molar-refractivity contribution >= 4 is 23.2 Å². The molecule has 0 bridgehead atoms. The highest BCUT2D eigenvalue weighted by atomic mass is 32.1. The molecule has 2 amide bonds. The number of likely N-dealkylation sites (tertiary alicyclic amines) is 1. The van der Waals surface area contributed by atoms with Gasteiger partial charge in [-0.25, -0.2) is 0 Å². The van der Waals surface area contributed by atoms with E-state index in [2.05, 4.69) is 5.32 Å². The van der Waals surface area contributed by atoms with E-state index in [0.717, 1.165) is 16.2 Å². The van der Waals surface area contributed by atoms with Crippen LogP contribution in [0.5, 0.6) is 5.75 Å². The summed E-state index contributed by atoms with van der Waals surface area (Å²) in [6, 6.07) is 11.3. The summed E-state index contributed by atoms with van der Waals surface area (Å²) in [6.45, 7) is 0.383. The molecule has 1 aliphatic rings. The molecule has 5 nitrogen and oxygen atoms in total. The van der Waals surface area contributed by atoms with Crippen LogP contribution in [0, 0.1) is 5.92 Å². The van der Waals surface area contributed by atoms with Crippen LogP contribution in [0.25, 0.3) is 0 Å². The van der Waals surface area contributed by atoms with Gasteiger partial charge in [0.15, 0.2) is 0 Å². The van der Waals surface area contributed by atoms with Crippen LogP contribution in [0.4, 0.5) is 0 Å². The van der Waals surface area contributed by atoms with Gasteiger partial charge in [0.05, 0.1) is 19.1 Å². The third-order valence-electron chi connectivity index (χ3n) is 4.40. The summed E-state index contributed by atoms with van der Waals surface area (Å²) in [5, 5.41) is 4.92. The Morgan fingerprint density at radius 3 is 2.83 bits per heavy atom. The number of nitrogens with zero attached hydrogens (tertiary/aromatic N) is 1. The van der Waals surface area contributed by atoms with Crippen molar-refractivity contribution in [1.29, 1.82) is 0 Å². The van der Waals surface area contributed by atoms with E-state index in [1.807, 2.05) is 41.8 Å². The topological polar surface area (TPSA) is 58.6 Å². The molecule has 0 spiro atoms. The number of thiophene rings is 1. The Morgan fingerprint density at radius 1 is 1.33 bits per heavy atom. The molecule has 2 atom stereocenters. The number of carbonyl (C=O) groups excluding carboxylic acids is 2. The molecular formula is C18H20N2O3S. The molecule has 2 heterocycles. The zero-order chi connectivity index (χ0) is 17.1. The monoisotopic (exact) mass is 344 g/mol. The maximum Gasteiger partial charge on any atom is 0.226 e. The van der Waals surface area contributed by atoms with Crippen LogP contribution in [-0.2, 0) is 16.1 Å². The standard InChI is InChI=1S/C18H20N2O3S/c1-20-16(21)10-13(17(20)15-8-5-9-24-15)18(22)19-11-12-6-3-4-7-14(12)23-2/h3-9,13,17H,10-11H2,1-2H3,(H,19,22)/t13-,17+/m0/s1. The van der Waals surface area contributed by atoms with E-state index in [1.54, 1.807) is 30.4 Å². The molecule has 0 unspecified atom stereocenters. The van der Waals surface area contributed by atoms with Crippen LogP contribution in [0.1, 0.15) is 22.9 Å². The second-order valence-electron chi connectivity index (χ2n) is 5.81. The zero-order valence-corrected chi connectivity index (χ0v) is 14.5. The van der Waals surface area contributed by atoms with Crippen molar-refractivity contribution in [3.63, 3.8) is 0 Å². The Labute approximate surface area is 145 Å². The molecule has 1 fully saturated rings. The number of amides is 2. The van der Waals surface area contributed by atoms with E-state index in [-0.39, 0.29) is 30.2 Å². The molecule has 1 N–H and O–H groups in total. The lowest BCUT2D eigenvalue weighted by Gasteiger charge is -2.23. The number of benzene rings is 1. The second kappa shape index (κ2) is 7.05. The minimum Gasteiger partial charge on any atom is -0.496 e. The first-order valence-electron chi connectivity index (χ1n) is 7.80. The van der Waals surface area contributed by atoms with Crippen LogP contribution < -0.4 is 10.1 Å². The van der Waals surface area contributed by atoms with E-state index in [0.29, 0.717) is 6.54 Å². The van der Waals surface area contributed by atoms with Gasteiger partial charge in [-0.2, -0.15) is 0 Å². The molecule has 6 heteroatoms. The third kappa shape index (κ3) is 3.14. The largest absolute Gasteiger partial charge is 0.496 e. The number of hydrogen-bond donors (Lipinski definition) is 1. The molecular weight excluding hydrogens is 324 g/mol. The van der Waals surface area contributed by atoms with Crippen LogP contribution >= 0.6 is 11.3 Å². The molecule has 126 valence electrons. The second-order valence-corrected chi connectivity index (χ2v) is 6.78. The molecule has 0 aliphatic carbocycles. The number of carbonyl (C=O) groups is 2. The van der Waals surface area contributed by atoms with E-state index in [4.69, 9.17) is 4.74 Å². The zero-order valence-electron chi connectivity index (χ0n) is 13.7. The highest BCUT2D eigenvalue weighted by Crippen LogP contribution is 2.39. The molecule has 24 heavy (non-hydrogen) atoms. The molecule has 1 aromatic carbocycles. The Balaban J connectivity index is 1.73. The minimum atomic E-state index is -0.365. The van der Waals surface area contributed by atoms with Crippen molar-refractivity contribution in [2.45, 2.75) is 19.0 Å². The molecule has 0 saturated carbocycles. The predicted molar refractivity (Wildman–Crippen MR) is 92.8 cm³/mol. The lowest BCUT2D eigenvalue weighted by molar-refractivity contribution is -0.128. The normalized spacial score (nSPS) is 20.2. The highest BCUT2D eigenvalue weighted by Gasteiger charge is 2.43. The van der Waals surface area contributed by atoms with Crippen LogP contribution in [0.2, 0.25) is 0 Å². The maximum absolute atomic E-state index is 12.7. The van der Waals surface area contributed by atoms with E-state index >= 15 is 0 Å². The van der Waals surface area contributed by atoms with Crippen molar-refractivity contribution < 1.29 is 14.3 Å². The first-order valence-corrected chi connectivity index (χ1v) is 8.68. The Bertz CT molecular complexity index is 730. The fourth-order valence-corrected chi connectivity index (χ4v) is 4.05. The first kappa shape index (κ1) is 16.5. The molecule has 1 aliphatic heterocycles. The van der Waals surface area contributed by atoms with Crippen molar-refractivity contribution in [1.82, 2.24) is 10.2 Å². The summed E-state index contributed by atoms with van der Waals surface area (Å²) >= 11 is 1.57. The SMILES string of the molecule is COc1ccccc1CNC(=O)[C@H]1CC(=O)N(C)[C@H]1c1cccs1.